The second kappa shape index (κ2) is 11.3. The Labute approximate surface area is 189 Å². The average Bonchev–Trinajstić information content (AvgIpc) is 3.49. The lowest BCUT2D eigenvalue weighted by Crippen LogP contribution is -2.48. The highest BCUT2D eigenvalue weighted by Gasteiger charge is 2.26. The van der Waals surface area contributed by atoms with Gasteiger partial charge in [-0.2, -0.15) is 0 Å². The number of piperidine rings is 1. The summed E-state index contributed by atoms with van der Waals surface area (Å²) in [5, 5.41) is 6.40. The molecule has 2 aliphatic rings. The van der Waals surface area contributed by atoms with Crippen LogP contribution in [-0.2, 0) is 6.54 Å². The number of benzene rings is 1. The van der Waals surface area contributed by atoms with Gasteiger partial charge in [0.05, 0.1) is 13.1 Å². The number of likely N-dealkylation sites (tertiary alicyclic amines) is 1. The van der Waals surface area contributed by atoms with Crippen LogP contribution in [0.5, 0.6) is 0 Å². The van der Waals surface area contributed by atoms with Crippen LogP contribution in [0.15, 0.2) is 41.9 Å². The van der Waals surface area contributed by atoms with E-state index in [1.807, 2.05) is 46.8 Å². The minimum absolute atomic E-state index is 0.138. The van der Waals surface area contributed by atoms with Crippen LogP contribution in [0, 0.1) is 17.8 Å². The summed E-state index contributed by atoms with van der Waals surface area (Å²) >= 11 is 1.70. The van der Waals surface area contributed by atoms with Crippen molar-refractivity contribution in [3.63, 3.8) is 0 Å². The van der Waals surface area contributed by atoms with Gasteiger partial charge in [-0.25, -0.2) is 9.78 Å². The standard InChI is InChI=1S/C25H32N4OS/c30-25(27-23-10-4-5-11-23)29-16-12-22(13-17-29)19-28(20-24-26-14-18-31-24)15-6-9-21-7-2-1-3-8-21/h1-3,7-8,14,18,22-23H,4-5,10-13,15-17,19-20H2,(H,27,30). The van der Waals surface area contributed by atoms with Gasteiger partial charge in [-0.3, -0.25) is 4.90 Å². The molecular formula is C25H32N4OS. The van der Waals surface area contributed by atoms with E-state index in [0.29, 0.717) is 12.0 Å². The van der Waals surface area contributed by atoms with Crippen molar-refractivity contribution in [1.82, 2.24) is 20.1 Å². The molecule has 0 unspecified atom stereocenters. The second-order valence-electron chi connectivity index (χ2n) is 8.62. The molecule has 1 aromatic heterocycles. The summed E-state index contributed by atoms with van der Waals surface area (Å²) < 4.78 is 0. The van der Waals surface area contributed by atoms with Gasteiger partial charge in [-0.05, 0) is 43.7 Å². The highest BCUT2D eigenvalue weighted by atomic mass is 32.1. The fraction of sp³-hybridized carbons (Fsp3) is 0.520. The maximum absolute atomic E-state index is 12.5. The van der Waals surface area contributed by atoms with E-state index in [1.165, 1.54) is 12.8 Å². The number of rotatable bonds is 6. The summed E-state index contributed by atoms with van der Waals surface area (Å²) in [6.07, 6.45) is 8.74. The maximum atomic E-state index is 12.5. The smallest absolute Gasteiger partial charge is 0.317 e. The number of amides is 2. The summed E-state index contributed by atoms with van der Waals surface area (Å²) in [6.45, 7) is 4.27. The molecule has 5 nitrogen and oxygen atoms in total. The van der Waals surface area contributed by atoms with Crippen molar-refractivity contribution in [2.45, 2.75) is 51.1 Å². The molecule has 2 aromatic rings. The normalized spacial score (nSPS) is 17.5. The molecule has 0 atom stereocenters. The molecule has 2 fully saturated rings. The molecule has 0 bridgehead atoms. The van der Waals surface area contributed by atoms with Crippen molar-refractivity contribution in [3.8, 4) is 11.8 Å². The zero-order chi connectivity index (χ0) is 21.3. The third kappa shape index (κ3) is 6.81. The number of carbonyl (C=O) groups is 1. The van der Waals surface area contributed by atoms with Crippen molar-refractivity contribution >= 4 is 17.4 Å². The fourth-order valence-corrected chi connectivity index (χ4v) is 5.16. The van der Waals surface area contributed by atoms with Gasteiger partial charge in [0.25, 0.3) is 0 Å². The Bertz CT molecular complexity index is 860. The van der Waals surface area contributed by atoms with Gasteiger partial charge < -0.3 is 10.2 Å². The van der Waals surface area contributed by atoms with Crippen molar-refractivity contribution in [1.29, 1.82) is 0 Å². The van der Waals surface area contributed by atoms with E-state index in [1.54, 1.807) is 11.3 Å². The van der Waals surface area contributed by atoms with Crippen LogP contribution in [0.25, 0.3) is 0 Å². The SMILES string of the molecule is O=C(NC1CCCC1)N1CCC(CN(CC#Cc2ccccc2)Cc2nccs2)CC1. The van der Waals surface area contributed by atoms with Crippen molar-refractivity contribution in [2.75, 3.05) is 26.2 Å². The lowest BCUT2D eigenvalue weighted by atomic mass is 9.96. The molecule has 1 aliphatic carbocycles. The van der Waals surface area contributed by atoms with Crippen LogP contribution < -0.4 is 5.32 Å². The number of hydrogen-bond donors (Lipinski definition) is 1. The second-order valence-corrected chi connectivity index (χ2v) is 9.60. The lowest BCUT2D eigenvalue weighted by Gasteiger charge is -2.34. The Balaban J connectivity index is 1.28. The fourth-order valence-electron chi connectivity index (χ4n) is 4.50. The van der Waals surface area contributed by atoms with Gasteiger partial charge >= 0.3 is 6.03 Å². The number of hydrogen-bond acceptors (Lipinski definition) is 4. The van der Waals surface area contributed by atoms with E-state index in [-0.39, 0.29) is 6.03 Å². The number of thiazole rings is 1. The van der Waals surface area contributed by atoms with Crippen LogP contribution in [0.2, 0.25) is 0 Å². The van der Waals surface area contributed by atoms with Gasteiger partial charge in [0, 0.05) is 42.8 Å². The molecule has 1 N–H and O–H groups in total. The Morgan fingerprint density at radius 2 is 1.94 bits per heavy atom. The number of urea groups is 1. The van der Waals surface area contributed by atoms with E-state index >= 15 is 0 Å². The summed E-state index contributed by atoms with van der Waals surface area (Å²) in [6, 6.07) is 10.7. The molecule has 4 rings (SSSR count). The predicted molar refractivity (Wildman–Crippen MR) is 126 cm³/mol. The van der Waals surface area contributed by atoms with E-state index in [4.69, 9.17) is 0 Å². The molecule has 1 saturated carbocycles. The Morgan fingerprint density at radius 3 is 2.65 bits per heavy atom. The van der Waals surface area contributed by atoms with Gasteiger partial charge in [-0.1, -0.05) is 42.9 Å². The first-order valence-corrected chi connectivity index (χ1v) is 12.3. The molecule has 31 heavy (non-hydrogen) atoms. The zero-order valence-electron chi connectivity index (χ0n) is 18.1. The molecule has 0 spiro atoms. The van der Waals surface area contributed by atoms with Crippen LogP contribution in [-0.4, -0.2) is 53.0 Å². The quantitative estimate of drug-likeness (QED) is 0.685. The minimum atomic E-state index is 0.138. The van der Waals surface area contributed by atoms with E-state index in [9.17, 15) is 4.79 Å². The maximum Gasteiger partial charge on any atom is 0.317 e. The molecule has 6 heteroatoms. The lowest BCUT2D eigenvalue weighted by molar-refractivity contribution is 0.147. The van der Waals surface area contributed by atoms with Crippen LogP contribution in [0.3, 0.4) is 0 Å². The monoisotopic (exact) mass is 436 g/mol. The first-order chi connectivity index (χ1) is 15.3. The van der Waals surface area contributed by atoms with Gasteiger partial charge in [-0.15, -0.1) is 11.3 Å². The summed E-state index contributed by atoms with van der Waals surface area (Å²) in [7, 11) is 0. The largest absolute Gasteiger partial charge is 0.335 e. The van der Waals surface area contributed by atoms with Gasteiger partial charge in [0.1, 0.15) is 5.01 Å². The summed E-state index contributed by atoms with van der Waals surface area (Å²) in [5.41, 5.74) is 1.05. The van der Waals surface area contributed by atoms with Crippen LogP contribution in [0.1, 0.15) is 49.1 Å². The highest BCUT2D eigenvalue weighted by molar-refractivity contribution is 7.09. The van der Waals surface area contributed by atoms with Crippen molar-refractivity contribution in [3.05, 3.63) is 52.5 Å². The topological polar surface area (TPSA) is 48.5 Å². The Hall–Kier alpha value is -2.36. The molecule has 2 amide bonds. The molecule has 0 radical (unpaired) electrons. The van der Waals surface area contributed by atoms with E-state index in [0.717, 1.165) is 69.0 Å². The molecule has 2 heterocycles. The first kappa shape index (κ1) is 21.9. The van der Waals surface area contributed by atoms with E-state index in [2.05, 4.69) is 27.0 Å². The number of aromatic nitrogens is 1. The van der Waals surface area contributed by atoms with Gasteiger partial charge in [0.15, 0.2) is 0 Å². The zero-order valence-corrected chi connectivity index (χ0v) is 18.9. The summed E-state index contributed by atoms with van der Waals surface area (Å²) in [5.74, 6) is 7.22. The third-order valence-electron chi connectivity index (χ3n) is 6.25. The number of nitrogens with one attached hydrogen (secondary N) is 1. The minimum Gasteiger partial charge on any atom is -0.335 e. The molecule has 1 saturated heterocycles. The van der Waals surface area contributed by atoms with Crippen molar-refractivity contribution in [2.24, 2.45) is 5.92 Å². The molecule has 1 aromatic carbocycles. The Morgan fingerprint density at radius 1 is 1.16 bits per heavy atom. The van der Waals surface area contributed by atoms with E-state index < -0.39 is 0 Å². The molecular weight excluding hydrogens is 404 g/mol. The first-order valence-electron chi connectivity index (χ1n) is 11.5. The Kier molecular flexibility index (Phi) is 7.98. The predicted octanol–water partition coefficient (Wildman–Crippen LogP) is 4.36. The molecule has 164 valence electrons. The summed E-state index contributed by atoms with van der Waals surface area (Å²) in [4.78, 5) is 21.4. The number of nitrogens with zero attached hydrogens (tertiary/aromatic N) is 3. The van der Waals surface area contributed by atoms with Gasteiger partial charge in [0.2, 0.25) is 0 Å². The highest BCUT2D eigenvalue weighted by Crippen LogP contribution is 2.22. The van der Waals surface area contributed by atoms with Crippen LogP contribution in [0.4, 0.5) is 4.79 Å². The third-order valence-corrected chi connectivity index (χ3v) is 7.02. The van der Waals surface area contributed by atoms with Crippen LogP contribution >= 0.6 is 11.3 Å². The molecule has 1 aliphatic heterocycles. The average molecular weight is 437 g/mol. The number of carbonyl (C=O) groups excluding carboxylic acids is 1. The van der Waals surface area contributed by atoms with Crippen molar-refractivity contribution < 1.29 is 4.79 Å².